The summed E-state index contributed by atoms with van der Waals surface area (Å²) in [5.41, 5.74) is -0.367. The fourth-order valence-corrected chi connectivity index (χ4v) is 6.94. The Kier molecular flexibility index (Phi) is 8.45. The first kappa shape index (κ1) is 26.9. The van der Waals surface area contributed by atoms with Crippen LogP contribution in [0.25, 0.3) is 0 Å². The fraction of sp³-hybridized carbons (Fsp3) is 0.0385. The molecule has 0 saturated heterocycles. The molecule has 0 aliphatic rings. The third-order valence-electron chi connectivity index (χ3n) is 5.12. The number of non-ortho nitro benzene ring substituents is 1. The van der Waals surface area contributed by atoms with E-state index in [0.717, 1.165) is 24.3 Å². The average Bonchev–Trinajstić information content (AvgIpc) is 2.88. The lowest BCUT2D eigenvalue weighted by atomic mass is 10.3. The van der Waals surface area contributed by atoms with Crippen molar-refractivity contribution < 1.29 is 35.0 Å². The first-order valence-corrected chi connectivity index (χ1v) is 12.2. The molecule has 0 spiro atoms. The molecule has 0 radical (unpaired) electrons. The minimum absolute atomic E-state index is 0. The SMILES string of the molecule is O=[N+]([O-])c1ccc(N=C(O[P+](c2ccccc2)(c2ccccc2)c2ccccc2)C(F)(F)F)cc1.[Cl-]. The van der Waals surface area contributed by atoms with Crippen molar-refractivity contribution >= 4 is 40.7 Å². The zero-order valence-electron chi connectivity index (χ0n) is 18.5. The number of halogens is 4. The fourth-order valence-electron chi connectivity index (χ4n) is 3.55. The number of benzene rings is 4. The highest BCUT2D eigenvalue weighted by Crippen LogP contribution is 2.57. The largest absolute Gasteiger partial charge is 1.00 e. The quantitative estimate of drug-likeness (QED) is 0.127. The molecular weight excluding hydrogens is 512 g/mol. The molecule has 184 valence electrons. The number of hydrogen-bond acceptors (Lipinski definition) is 4. The Morgan fingerprint density at radius 1 is 0.722 bits per heavy atom. The van der Waals surface area contributed by atoms with Gasteiger partial charge < -0.3 is 16.9 Å². The van der Waals surface area contributed by atoms with E-state index in [2.05, 4.69) is 4.99 Å². The summed E-state index contributed by atoms with van der Waals surface area (Å²) >= 11 is 0. The molecule has 0 atom stereocenters. The number of nitro benzene ring substituents is 1. The van der Waals surface area contributed by atoms with E-state index in [4.69, 9.17) is 4.52 Å². The van der Waals surface area contributed by atoms with Gasteiger partial charge in [0, 0.05) is 12.1 Å². The van der Waals surface area contributed by atoms with Crippen LogP contribution in [0.4, 0.5) is 24.5 Å². The minimum Gasteiger partial charge on any atom is -1.00 e. The molecule has 0 bridgehead atoms. The van der Waals surface area contributed by atoms with Gasteiger partial charge in [-0.2, -0.15) is 13.2 Å². The van der Waals surface area contributed by atoms with Gasteiger partial charge in [0.2, 0.25) is 0 Å². The molecule has 10 heteroatoms. The topological polar surface area (TPSA) is 64.7 Å². The summed E-state index contributed by atoms with van der Waals surface area (Å²) in [6, 6.07) is 30.8. The summed E-state index contributed by atoms with van der Waals surface area (Å²) in [7, 11) is -3.33. The van der Waals surface area contributed by atoms with Crippen molar-refractivity contribution in [3.8, 4) is 0 Å². The van der Waals surface area contributed by atoms with E-state index < -0.39 is 24.5 Å². The highest BCUT2D eigenvalue weighted by molar-refractivity contribution is 7.92. The molecule has 4 aromatic carbocycles. The second-order valence-corrected chi connectivity index (χ2v) is 10.3. The van der Waals surface area contributed by atoms with E-state index in [-0.39, 0.29) is 23.8 Å². The van der Waals surface area contributed by atoms with Gasteiger partial charge in [-0.25, -0.2) is 4.99 Å². The van der Waals surface area contributed by atoms with Crippen LogP contribution in [0.2, 0.25) is 0 Å². The maximum absolute atomic E-state index is 14.3. The summed E-state index contributed by atoms with van der Waals surface area (Å²) in [5.74, 6) is -1.43. The van der Waals surface area contributed by atoms with Gasteiger partial charge in [0.1, 0.15) is 15.9 Å². The van der Waals surface area contributed by atoms with Crippen LogP contribution in [-0.4, -0.2) is 17.0 Å². The van der Waals surface area contributed by atoms with Crippen molar-refractivity contribution in [2.75, 3.05) is 0 Å². The van der Waals surface area contributed by atoms with Gasteiger partial charge in [-0.1, -0.05) is 54.6 Å². The highest BCUT2D eigenvalue weighted by Gasteiger charge is 2.55. The van der Waals surface area contributed by atoms with E-state index >= 15 is 0 Å². The molecule has 4 rings (SSSR count). The van der Waals surface area contributed by atoms with Gasteiger partial charge in [0.25, 0.3) is 13.2 Å². The van der Waals surface area contributed by atoms with Gasteiger partial charge in [0.05, 0.1) is 10.6 Å². The minimum atomic E-state index is -4.93. The molecule has 0 fully saturated rings. The third-order valence-corrected chi connectivity index (χ3v) is 8.64. The van der Waals surface area contributed by atoms with Crippen molar-refractivity contribution in [2.24, 2.45) is 4.99 Å². The molecule has 5 nitrogen and oxygen atoms in total. The first-order chi connectivity index (χ1) is 16.8. The van der Waals surface area contributed by atoms with Crippen molar-refractivity contribution in [1.82, 2.24) is 0 Å². The van der Waals surface area contributed by atoms with Crippen LogP contribution in [0, 0.1) is 10.1 Å². The third kappa shape index (κ3) is 5.73. The Morgan fingerprint density at radius 2 is 1.11 bits per heavy atom. The van der Waals surface area contributed by atoms with Crippen LogP contribution in [0.3, 0.4) is 0 Å². The van der Waals surface area contributed by atoms with Gasteiger partial charge in [-0.3, -0.25) is 10.1 Å². The van der Waals surface area contributed by atoms with E-state index in [9.17, 15) is 23.3 Å². The smallest absolute Gasteiger partial charge is 0.473 e. The second-order valence-electron chi connectivity index (χ2n) is 7.40. The Hall–Kier alpha value is -3.74. The predicted molar refractivity (Wildman–Crippen MR) is 132 cm³/mol. The Labute approximate surface area is 212 Å². The summed E-state index contributed by atoms with van der Waals surface area (Å²) in [5, 5.41) is 12.7. The van der Waals surface area contributed by atoms with Crippen LogP contribution in [0.1, 0.15) is 0 Å². The zero-order valence-corrected chi connectivity index (χ0v) is 20.2. The van der Waals surface area contributed by atoms with Crippen molar-refractivity contribution in [1.29, 1.82) is 0 Å². The van der Waals surface area contributed by atoms with Crippen LogP contribution >= 0.6 is 7.49 Å². The maximum Gasteiger partial charge on any atom is 0.473 e. The van der Waals surface area contributed by atoms with Gasteiger partial charge in [-0.05, 0) is 48.5 Å². The van der Waals surface area contributed by atoms with Gasteiger partial charge >= 0.3 is 12.1 Å². The molecule has 0 aromatic heterocycles. The molecule has 0 aliphatic carbocycles. The van der Waals surface area contributed by atoms with Gasteiger partial charge in [0.15, 0.2) is 0 Å². The van der Waals surface area contributed by atoms with Crippen LogP contribution < -0.4 is 28.3 Å². The van der Waals surface area contributed by atoms with E-state index in [1.54, 1.807) is 91.0 Å². The lowest BCUT2D eigenvalue weighted by Crippen LogP contribution is -3.00. The number of alkyl halides is 3. The molecule has 0 amide bonds. The van der Waals surface area contributed by atoms with E-state index in [0.29, 0.717) is 15.9 Å². The van der Waals surface area contributed by atoms with Crippen molar-refractivity contribution in [3.63, 3.8) is 0 Å². The number of hydrogen-bond donors (Lipinski definition) is 0. The highest BCUT2D eigenvalue weighted by atomic mass is 35.5. The average molecular weight is 531 g/mol. The normalized spacial score (nSPS) is 11.9. The summed E-state index contributed by atoms with van der Waals surface area (Å²) in [6.45, 7) is 0. The number of rotatable bonds is 6. The Bertz CT molecular complexity index is 1220. The molecule has 0 saturated carbocycles. The lowest BCUT2D eigenvalue weighted by molar-refractivity contribution is -0.384. The molecule has 0 unspecified atom stereocenters. The molecule has 0 heterocycles. The monoisotopic (exact) mass is 530 g/mol. The summed E-state index contributed by atoms with van der Waals surface area (Å²) in [4.78, 5) is 14.1. The molecular formula is C26H19ClF3N2O3P. The number of nitro groups is 1. The lowest BCUT2D eigenvalue weighted by Gasteiger charge is -2.27. The molecule has 0 N–H and O–H groups in total. The Morgan fingerprint density at radius 3 is 1.44 bits per heavy atom. The zero-order chi connectivity index (χ0) is 24.9. The van der Waals surface area contributed by atoms with Crippen molar-refractivity contribution in [2.45, 2.75) is 6.18 Å². The van der Waals surface area contributed by atoms with Crippen LogP contribution in [0.5, 0.6) is 0 Å². The number of aliphatic imine (C=N–C) groups is 1. The Balaban J connectivity index is 0.00000361. The van der Waals surface area contributed by atoms with E-state index in [1.807, 2.05) is 0 Å². The van der Waals surface area contributed by atoms with Crippen molar-refractivity contribution in [3.05, 3.63) is 125 Å². The maximum atomic E-state index is 14.3. The van der Waals surface area contributed by atoms with Crippen LogP contribution in [-0.2, 0) is 4.52 Å². The summed E-state index contributed by atoms with van der Waals surface area (Å²) < 4.78 is 49.1. The molecule has 36 heavy (non-hydrogen) atoms. The first-order valence-electron chi connectivity index (χ1n) is 10.5. The van der Waals surface area contributed by atoms with Crippen LogP contribution in [0.15, 0.2) is 120 Å². The predicted octanol–water partition coefficient (Wildman–Crippen LogP) is 3.12. The number of nitrogens with zero attached hydrogens (tertiary/aromatic N) is 2. The van der Waals surface area contributed by atoms with Gasteiger partial charge in [-0.15, -0.1) is 0 Å². The summed E-state index contributed by atoms with van der Waals surface area (Å²) in [6.07, 6.45) is -4.93. The second kappa shape index (κ2) is 11.3. The standard InChI is InChI=1S/C26H19F3N2O3P.ClH/c27-26(28,29)25(30-20-16-18-21(19-17-20)31(32)33)34-35(22-10-4-1-5-11-22,23-12-6-2-7-13-23)24-14-8-3-9-15-24;/h1-19H;1H/q+1;/p-1. The van der Waals surface area contributed by atoms with E-state index in [1.165, 1.54) is 0 Å². The molecule has 0 aliphatic heterocycles. The molecule has 4 aromatic rings.